The minimum Gasteiger partial charge on any atom is -0.336 e. The minimum absolute atomic E-state index is 0.0455. The second-order valence-electron chi connectivity index (χ2n) is 5.47. The van der Waals surface area contributed by atoms with E-state index in [-0.39, 0.29) is 11.5 Å². The van der Waals surface area contributed by atoms with Crippen molar-refractivity contribution in [3.8, 4) is 0 Å². The van der Waals surface area contributed by atoms with Crippen LogP contribution in [0.5, 0.6) is 0 Å². The van der Waals surface area contributed by atoms with Crippen molar-refractivity contribution >= 4 is 5.91 Å². The maximum absolute atomic E-state index is 13.6. The number of unbranched alkanes of at least 4 members (excludes halogenated alkanes) is 2. The van der Waals surface area contributed by atoms with Crippen molar-refractivity contribution in [2.45, 2.75) is 26.2 Å². The van der Waals surface area contributed by atoms with E-state index in [1.807, 2.05) is 0 Å². The predicted molar refractivity (Wildman–Crippen MR) is 78.2 cm³/mol. The van der Waals surface area contributed by atoms with Crippen LogP contribution in [0.25, 0.3) is 0 Å². The fraction of sp³-hybridized carbons (Fsp3) is 0.562. The molecule has 0 unspecified atom stereocenters. The zero-order valence-corrected chi connectivity index (χ0v) is 12.4. The number of carbonyl (C=O) groups is 1. The van der Waals surface area contributed by atoms with Gasteiger partial charge in [-0.2, -0.15) is 0 Å². The van der Waals surface area contributed by atoms with Gasteiger partial charge in [0, 0.05) is 32.2 Å². The molecule has 0 aliphatic carbocycles. The third-order valence-electron chi connectivity index (χ3n) is 3.90. The molecule has 0 bridgehead atoms. The average molecular weight is 296 g/mol. The molecule has 1 aromatic rings. The number of benzene rings is 1. The molecule has 1 fully saturated rings. The number of amides is 1. The third-order valence-corrected chi connectivity index (χ3v) is 3.90. The summed E-state index contributed by atoms with van der Waals surface area (Å²) in [5.74, 6) is -1.80. The van der Waals surface area contributed by atoms with E-state index in [1.165, 1.54) is 25.3 Å². The summed E-state index contributed by atoms with van der Waals surface area (Å²) in [6.45, 7) is 6.06. The van der Waals surface area contributed by atoms with Gasteiger partial charge in [-0.25, -0.2) is 8.78 Å². The van der Waals surface area contributed by atoms with Gasteiger partial charge in [0.05, 0.1) is 5.56 Å². The van der Waals surface area contributed by atoms with E-state index in [9.17, 15) is 13.6 Å². The van der Waals surface area contributed by atoms with Gasteiger partial charge < -0.3 is 4.90 Å². The van der Waals surface area contributed by atoms with Crippen LogP contribution >= 0.6 is 0 Å². The van der Waals surface area contributed by atoms with E-state index in [4.69, 9.17) is 0 Å². The molecule has 2 rings (SSSR count). The zero-order valence-electron chi connectivity index (χ0n) is 12.4. The molecule has 0 spiro atoms. The number of hydrogen-bond donors (Lipinski definition) is 0. The van der Waals surface area contributed by atoms with Crippen LogP contribution in [-0.2, 0) is 0 Å². The first kappa shape index (κ1) is 15.9. The SMILES string of the molecule is CCCCCN1CCN(C(=O)c2ccc(F)cc2F)CC1. The van der Waals surface area contributed by atoms with Crippen molar-refractivity contribution in [2.75, 3.05) is 32.7 Å². The summed E-state index contributed by atoms with van der Waals surface area (Å²) in [4.78, 5) is 16.2. The molecule has 1 aromatic carbocycles. The van der Waals surface area contributed by atoms with E-state index < -0.39 is 11.6 Å². The maximum atomic E-state index is 13.6. The van der Waals surface area contributed by atoms with Crippen molar-refractivity contribution in [1.29, 1.82) is 0 Å². The van der Waals surface area contributed by atoms with E-state index in [1.54, 1.807) is 4.90 Å². The van der Waals surface area contributed by atoms with E-state index in [0.29, 0.717) is 13.1 Å². The Bertz CT molecular complexity index is 485. The van der Waals surface area contributed by atoms with Gasteiger partial charge in [-0.3, -0.25) is 9.69 Å². The van der Waals surface area contributed by atoms with Crippen LogP contribution in [0, 0.1) is 11.6 Å². The fourth-order valence-electron chi connectivity index (χ4n) is 2.59. The average Bonchev–Trinajstić information content (AvgIpc) is 2.48. The van der Waals surface area contributed by atoms with Crippen molar-refractivity contribution in [3.05, 3.63) is 35.4 Å². The van der Waals surface area contributed by atoms with E-state index in [0.717, 1.165) is 31.8 Å². The lowest BCUT2D eigenvalue weighted by Crippen LogP contribution is -2.49. The first-order valence-corrected chi connectivity index (χ1v) is 7.58. The highest BCUT2D eigenvalue weighted by Gasteiger charge is 2.23. The van der Waals surface area contributed by atoms with Crippen LogP contribution in [0.15, 0.2) is 18.2 Å². The predicted octanol–water partition coefficient (Wildman–Crippen LogP) is 2.91. The highest BCUT2D eigenvalue weighted by Crippen LogP contribution is 2.14. The van der Waals surface area contributed by atoms with Gasteiger partial charge >= 0.3 is 0 Å². The summed E-state index contributed by atoms with van der Waals surface area (Å²) in [6.07, 6.45) is 3.60. The molecule has 1 heterocycles. The monoisotopic (exact) mass is 296 g/mol. The topological polar surface area (TPSA) is 23.6 Å². The molecular formula is C16H22F2N2O. The summed E-state index contributed by atoms with van der Waals surface area (Å²) < 4.78 is 26.5. The van der Waals surface area contributed by atoms with Crippen LogP contribution in [0.4, 0.5) is 8.78 Å². The Morgan fingerprint density at radius 3 is 2.48 bits per heavy atom. The van der Waals surface area contributed by atoms with Gasteiger partial charge in [-0.1, -0.05) is 19.8 Å². The Morgan fingerprint density at radius 1 is 1.14 bits per heavy atom. The molecule has 0 saturated carbocycles. The van der Waals surface area contributed by atoms with Crippen LogP contribution in [0.1, 0.15) is 36.5 Å². The quantitative estimate of drug-likeness (QED) is 0.780. The summed E-state index contributed by atoms with van der Waals surface area (Å²) in [7, 11) is 0. The smallest absolute Gasteiger partial charge is 0.256 e. The van der Waals surface area contributed by atoms with Gasteiger partial charge in [0.25, 0.3) is 5.91 Å². The summed E-state index contributed by atoms with van der Waals surface area (Å²) in [5, 5.41) is 0. The molecule has 5 heteroatoms. The third kappa shape index (κ3) is 4.24. The van der Waals surface area contributed by atoms with Crippen LogP contribution in [0.3, 0.4) is 0 Å². The molecule has 1 aliphatic rings. The van der Waals surface area contributed by atoms with Gasteiger partial charge in [-0.05, 0) is 25.1 Å². The highest BCUT2D eigenvalue weighted by molar-refractivity contribution is 5.94. The lowest BCUT2D eigenvalue weighted by Gasteiger charge is -2.34. The number of nitrogens with zero attached hydrogens (tertiary/aromatic N) is 2. The first-order chi connectivity index (χ1) is 10.1. The Hall–Kier alpha value is -1.49. The molecule has 1 aliphatic heterocycles. The molecule has 0 atom stereocenters. The summed E-state index contributed by atoms with van der Waals surface area (Å²) in [5.41, 5.74) is -0.0455. The first-order valence-electron chi connectivity index (χ1n) is 7.58. The summed E-state index contributed by atoms with van der Waals surface area (Å²) >= 11 is 0. The second-order valence-corrected chi connectivity index (χ2v) is 5.47. The number of piperazine rings is 1. The molecule has 116 valence electrons. The van der Waals surface area contributed by atoms with E-state index in [2.05, 4.69) is 11.8 Å². The molecule has 1 saturated heterocycles. The number of rotatable bonds is 5. The Kier molecular flexibility index (Phi) is 5.67. The molecule has 21 heavy (non-hydrogen) atoms. The van der Waals surface area contributed by atoms with Crippen molar-refractivity contribution in [1.82, 2.24) is 9.80 Å². The van der Waals surface area contributed by atoms with Gasteiger partial charge in [-0.15, -0.1) is 0 Å². The molecule has 0 aromatic heterocycles. The molecular weight excluding hydrogens is 274 g/mol. The fourth-order valence-corrected chi connectivity index (χ4v) is 2.59. The van der Waals surface area contributed by atoms with Gasteiger partial charge in [0.1, 0.15) is 11.6 Å². The second kappa shape index (κ2) is 7.50. The summed E-state index contributed by atoms with van der Waals surface area (Å²) in [6, 6.07) is 3.10. The van der Waals surface area contributed by atoms with E-state index >= 15 is 0 Å². The lowest BCUT2D eigenvalue weighted by atomic mass is 10.1. The van der Waals surface area contributed by atoms with Crippen molar-refractivity contribution < 1.29 is 13.6 Å². The van der Waals surface area contributed by atoms with Gasteiger partial charge in [0.2, 0.25) is 0 Å². The number of halogens is 2. The normalized spacial score (nSPS) is 16.2. The maximum Gasteiger partial charge on any atom is 0.256 e. The van der Waals surface area contributed by atoms with Crippen LogP contribution < -0.4 is 0 Å². The largest absolute Gasteiger partial charge is 0.336 e. The van der Waals surface area contributed by atoms with Crippen LogP contribution in [-0.4, -0.2) is 48.4 Å². The Morgan fingerprint density at radius 2 is 1.86 bits per heavy atom. The van der Waals surface area contributed by atoms with Crippen molar-refractivity contribution in [3.63, 3.8) is 0 Å². The molecule has 1 amide bonds. The lowest BCUT2D eigenvalue weighted by molar-refractivity contribution is 0.0630. The number of carbonyl (C=O) groups excluding carboxylic acids is 1. The highest BCUT2D eigenvalue weighted by atomic mass is 19.1. The molecule has 0 N–H and O–H groups in total. The minimum atomic E-state index is -0.787. The Balaban J connectivity index is 1.88. The van der Waals surface area contributed by atoms with Gasteiger partial charge in [0.15, 0.2) is 0 Å². The standard InChI is InChI=1S/C16H22F2N2O/c1-2-3-4-7-19-8-10-20(11-9-19)16(21)14-6-5-13(17)12-15(14)18/h5-6,12H,2-4,7-11H2,1H3. The number of hydrogen-bond acceptors (Lipinski definition) is 2. The molecule has 0 radical (unpaired) electrons. The van der Waals surface area contributed by atoms with Crippen molar-refractivity contribution in [2.24, 2.45) is 0 Å². The molecule has 3 nitrogen and oxygen atoms in total. The van der Waals surface area contributed by atoms with Crippen LogP contribution in [0.2, 0.25) is 0 Å². The zero-order chi connectivity index (χ0) is 15.2. The Labute approximate surface area is 124 Å².